The fourth-order valence-corrected chi connectivity index (χ4v) is 1.59. The van der Waals surface area contributed by atoms with Crippen LogP contribution in [0, 0.1) is 0 Å². The Morgan fingerprint density at radius 1 is 1.06 bits per heavy atom. The quantitative estimate of drug-likeness (QED) is 0.865. The SMILES string of the molecule is Nc1ccc(Nc2ccc(Cl)cc2Cl)nn1. The van der Waals surface area contributed by atoms with Crippen molar-refractivity contribution >= 4 is 40.5 Å². The van der Waals surface area contributed by atoms with Crippen LogP contribution >= 0.6 is 23.2 Å². The normalized spacial score (nSPS) is 10.1. The largest absolute Gasteiger partial charge is 0.382 e. The number of anilines is 3. The van der Waals surface area contributed by atoms with E-state index in [-0.39, 0.29) is 0 Å². The van der Waals surface area contributed by atoms with Crippen LogP contribution in [-0.4, -0.2) is 10.2 Å². The van der Waals surface area contributed by atoms with Gasteiger partial charge >= 0.3 is 0 Å². The summed E-state index contributed by atoms with van der Waals surface area (Å²) in [5, 5.41) is 11.7. The van der Waals surface area contributed by atoms with Crippen LogP contribution in [0.15, 0.2) is 30.3 Å². The lowest BCUT2D eigenvalue weighted by Crippen LogP contribution is -1.98. The molecule has 0 spiro atoms. The minimum Gasteiger partial charge on any atom is -0.382 e. The van der Waals surface area contributed by atoms with Crippen LogP contribution in [0.4, 0.5) is 17.3 Å². The first-order valence-electron chi connectivity index (χ1n) is 4.46. The van der Waals surface area contributed by atoms with E-state index >= 15 is 0 Å². The molecule has 0 radical (unpaired) electrons. The predicted molar refractivity (Wildman–Crippen MR) is 66.2 cm³/mol. The fraction of sp³-hybridized carbons (Fsp3) is 0. The molecule has 16 heavy (non-hydrogen) atoms. The molecule has 0 saturated carbocycles. The Labute approximate surface area is 102 Å². The number of nitrogen functional groups attached to an aromatic ring is 1. The summed E-state index contributed by atoms with van der Waals surface area (Å²) in [4.78, 5) is 0. The Balaban J connectivity index is 2.23. The van der Waals surface area contributed by atoms with Crippen molar-refractivity contribution in [2.24, 2.45) is 0 Å². The zero-order chi connectivity index (χ0) is 11.5. The Morgan fingerprint density at radius 3 is 2.50 bits per heavy atom. The number of nitrogens with one attached hydrogen (secondary N) is 1. The summed E-state index contributed by atoms with van der Waals surface area (Å²) in [6.07, 6.45) is 0. The van der Waals surface area contributed by atoms with Gasteiger partial charge in [-0.25, -0.2) is 0 Å². The average molecular weight is 255 g/mol. The molecule has 6 heteroatoms. The third kappa shape index (κ3) is 2.53. The Kier molecular flexibility index (Phi) is 3.12. The van der Waals surface area contributed by atoms with E-state index < -0.39 is 0 Å². The number of halogens is 2. The zero-order valence-corrected chi connectivity index (χ0v) is 9.63. The van der Waals surface area contributed by atoms with Crippen LogP contribution in [0.25, 0.3) is 0 Å². The second kappa shape index (κ2) is 4.55. The highest BCUT2D eigenvalue weighted by atomic mass is 35.5. The van der Waals surface area contributed by atoms with E-state index in [0.29, 0.717) is 27.4 Å². The number of rotatable bonds is 2. The van der Waals surface area contributed by atoms with E-state index in [1.54, 1.807) is 30.3 Å². The third-order valence-electron chi connectivity index (χ3n) is 1.88. The van der Waals surface area contributed by atoms with Crippen molar-refractivity contribution in [1.29, 1.82) is 0 Å². The smallest absolute Gasteiger partial charge is 0.153 e. The minimum absolute atomic E-state index is 0.368. The van der Waals surface area contributed by atoms with Gasteiger partial charge in [0.2, 0.25) is 0 Å². The standard InChI is InChI=1S/C10H8Cl2N4/c11-6-1-2-8(7(12)5-6)14-10-4-3-9(13)15-16-10/h1-5H,(H2,13,15)(H,14,16). The van der Waals surface area contributed by atoms with Gasteiger partial charge in [-0.15, -0.1) is 10.2 Å². The van der Waals surface area contributed by atoms with Gasteiger partial charge in [-0.1, -0.05) is 23.2 Å². The molecular formula is C10H8Cl2N4. The number of nitrogens with zero attached hydrogens (tertiary/aromatic N) is 2. The molecule has 3 N–H and O–H groups in total. The average Bonchev–Trinajstić information content (AvgIpc) is 2.25. The first kappa shape index (κ1) is 11.0. The van der Waals surface area contributed by atoms with Crippen molar-refractivity contribution in [3.63, 3.8) is 0 Å². The lowest BCUT2D eigenvalue weighted by Gasteiger charge is -2.06. The Hall–Kier alpha value is -1.52. The van der Waals surface area contributed by atoms with Crippen molar-refractivity contribution in [2.75, 3.05) is 11.1 Å². The van der Waals surface area contributed by atoms with Crippen molar-refractivity contribution in [2.45, 2.75) is 0 Å². The molecule has 0 aliphatic heterocycles. The minimum atomic E-state index is 0.368. The van der Waals surface area contributed by atoms with E-state index in [9.17, 15) is 0 Å². The van der Waals surface area contributed by atoms with Gasteiger partial charge in [0.25, 0.3) is 0 Å². The first-order valence-corrected chi connectivity index (χ1v) is 5.22. The molecule has 0 aliphatic rings. The van der Waals surface area contributed by atoms with Crippen LogP contribution in [0.3, 0.4) is 0 Å². The van der Waals surface area contributed by atoms with Crippen LogP contribution < -0.4 is 11.1 Å². The number of hydrogen-bond donors (Lipinski definition) is 2. The van der Waals surface area contributed by atoms with Crippen molar-refractivity contribution in [1.82, 2.24) is 10.2 Å². The van der Waals surface area contributed by atoms with E-state index in [4.69, 9.17) is 28.9 Å². The maximum absolute atomic E-state index is 5.99. The molecule has 0 atom stereocenters. The number of aromatic nitrogens is 2. The summed E-state index contributed by atoms with van der Waals surface area (Å²) >= 11 is 11.8. The lowest BCUT2D eigenvalue weighted by atomic mass is 10.3. The topological polar surface area (TPSA) is 63.8 Å². The summed E-state index contributed by atoms with van der Waals surface area (Å²) < 4.78 is 0. The van der Waals surface area contributed by atoms with Crippen molar-refractivity contribution in [3.05, 3.63) is 40.4 Å². The molecule has 1 aromatic carbocycles. The summed E-state index contributed by atoms with van der Waals surface area (Å²) in [6.45, 7) is 0. The second-order valence-corrected chi connectivity index (χ2v) is 3.94. The fourth-order valence-electron chi connectivity index (χ4n) is 1.14. The van der Waals surface area contributed by atoms with Crippen molar-refractivity contribution in [3.8, 4) is 0 Å². The molecule has 4 nitrogen and oxygen atoms in total. The monoisotopic (exact) mass is 254 g/mol. The molecule has 0 amide bonds. The Bertz CT molecular complexity index is 499. The Morgan fingerprint density at radius 2 is 1.88 bits per heavy atom. The maximum atomic E-state index is 5.99. The first-order chi connectivity index (χ1) is 7.65. The van der Waals surface area contributed by atoms with Gasteiger partial charge in [0, 0.05) is 5.02 Å². The summed E-state index contributed by atoms with van der Waals surface area (Å²) in [5.41, 5.74) is 6.14. The highest BCUT2D eigenvalue weighted by Crippen LogP contribution is 2.27. The van der Waals surface area contributed by atoms with Gasteiger partial charge in [0.05, 0.1) is 10.7 Å². The molecule has 1 aromatic heterocycles. The molecule has 0 bridgehead atoms. The van der Waals surface area contributed by atoms with Gasteiger partial charge < -0.3 is 11.1 Å². The molecule has 0 fully saturated rings. The molecule has 0 saturated heterocycles. The highest BCUT2D eigenvalue weighted by Gasteiger charge is 2.02. The van der Waals surface area contributed by atoms with Crippen molar-refractivity contribution < 1.29 is 0 Å². The summed E-state index contributed by atoms with van der Waals surface area (Å²) in [6, 6.07) is 8.52. The number of nitrogens with two attached hydrogens (primary N) is 1. The van der Waals surface area contributed by atoms with E-state index in [1.165, 1.54) is 0 Å². The van der Waals surface area contributed by atoms with Gasteiger partial charge in [-0.05, 0) is 30.3 Å². The van der Waals surface area contributed by atoms with E-state index in [1.807, 2.05) is 0 Å². The van der Waals surface area contributed by atoms with Crippen LogP contribution in [-0.2, 0) is 0 Å². The van der Waals surface area contributed by atoms with E-state index in [2.05, 4.69) is 15.5 Å². The van der Waals surface area contributed by atoms with Crippen LogP contribution in [0.2, 0.25) is 10.0 Å². The molecule has 2 aromatic rings. The van der Waals surface area contributed by atoms with Gasteiger partial charge in [0.15, 0.2) is 5.82 Å². The third-order valence-corrected chi connectivity index (χ3v) is 2.43. The number of hydrogen-bond acceptors (Lipinski definition) is 4. The van der Waals surface area contributed by atoms with Crippen LogP contribution in [0.1, 0.15) is 0 Å². The molecule has 0 unspecified atom stereocenters. The molecule has 82 valence electrons. The second-order valence-electron chi connectivity index (χ2n) is 3.09. The lowest BCUT2D eigenvalue weighted by molar-refractivity contribution is 1.05. The maximum Gasteiger partial charge on any atom is 0.153 e. The summed E-state index contributed by atoms with van der Waals surface area (Å²) in [7, 11) is 0. The highest BCUT2D eigenvalue weighted by molar-refractivity contribution is 6.36. The predicted octanol–water partition coefficient (Wildman–Crippen LogP) is 3.11. The van der Waals surface area contributed by atoms with Crippen LogP contribution in [0.5, 0.6) is 0 Å². The van der Waals surface area contributed by atoms with Gasteiger partial charge in [-0.2, -0.15) is 0 Å². The zero-order valence-electron chi connectivity index (χ0n) is 8.11. The van der Waals surface area contributed by atoms with Gasteiger partial charge in [-0.3, -0.25) is 0 Å². The molecule has 1 heterocycles. The summed E-state index contributed by atoms with van der Waals surface area (Å²) in [5.74, 6) is 0.936. The molecule has 2 rings (SSSR count). The van der Waals surface area contributed by atoms with E-state index in [0.717, 1.165) is 0 Å². The number of benzene rings is 1. The van der Waals surface area contributed by atoms with Gasteiger partial charge in [0.1, 0.15) is 5.82 Å². The molecular weight excluding hydrogens is 247 g/mol. The molecule has 0 aliphatic carbocycles.